The second kappa shape index (κ2) is 12.0. The van der Waals surface area contributed by atoms with Gasteiger partial charge in [-0.15, -0.1) is 23.1 Å². The van der Waals surface area contributed by atoms with Crippen molar-refractivity contribution in [3.05, 3.63) is 63.4 Å². The number of carbonyl (C=O) groups is 2. The van der Waals surface area contributed by atoms with Crippen molar-refractivity contribution in [2.24, 2.45) is 0 Å². The van der Waals surface area contributed by atoms with Crippen LogP contribution in [-0.2, 0) is 21.6 Å². The van der Waals surface area contributed by atoms with E-state index in [4.69, 9.17) is 14.9 Å². The van der Waals surface area contributed by atoms with Gasteiger partial charge in [0.25, 0.3) is 0 Å². The summed E-state index contributed by atoms with van der Waals surface area (Å²) >= 11 is 5.34. The number of anilines is 1. The second-order valence-electron chi connectivity index (χ2n) is 7.54. The number of nitrogens with one attached hydrogen (secondary N) is 1. The molecule has 198 valence electrons. The van der Waals surface area contributed by atoms with Gasteiger partial charge in [-0.25, -0.2) is 9.78 Å². The topological polar surface area (TPSA) is 140 Å². The van der Waals surface area contributed by atoms with Gasteiger partial charge in [-0.05, 0) is 30.7 Å². The van der Waals surface area contributed by atoms with E-state index in [2.05, 4.69) is 26.2 Å². The summed E-state index contributed by atoms with van der Waals surface area (Å²) in [5.74, 6) is -0.976. The van der Waals surface area contributed by atoms with E-state index < -0.39 is 30.8 Å². The Morgan fingerprint density at radius 2 is 1.89 bits per heavy atom. The zero-order valence-electron chi connectivity index (χ0n) is 19.1. The molecule has 37 heavy (non-hydrogen) atoms. The maximum absolute atomic E-state index is 14.2. The van der Waals surface area contributed by atoms with Gasteiger partial charge in [-0.2, -0.15) is 8.78 Å². The van der Waals surface area contributed by atoms with Crippen LogP contribution in [0.2, 0.25) is 0 Å². The number of amides is 2. The van der Waals surface area contributed by atoms with Crippen molar-refractivity contribution >= 4 is 63.8 Å². The average molecular weight is 636 g/mol. The van der Waals surface area contributed by atoms with E-state index in [0.29, 0.717) is 22.9 Å². The van der Waals surface area contributed by atoms with Gasteiger partial charge in [0, 0.05) is 32.4 Å². The van der Waals surface area contributed by atoms with E-state index in [0.717, 1.165) is 16.5 Å². The normalized spacial score (nSPS) is 11.8. The number of nitrogens with zero attached hydrogens (tertiary/aromatic N) is 2. The van der Waals surface area contributed by atoms with Crippen molar-refractivity contribution in [1.29, 1.82) is 0 Å². The molecule has 2 aromatic carbocycles. The molecule has 0 saturated heterocycles. The monoisotopic (exact) mass is 635 g/mol. The van der Waals surface area contributed by atoms with Crippen molar-refractivity contribution in [3.8, 4) is 11.3 Å². The summed E-state index contributed by atoms with van der Waals surface area (Å²) in [6, 6.07) is 10.1. The lowest BCUT2D eigenvalue weighted by molar-refractivity contribution is -0.133. The lowest BCUT2D eigenvalue weighted by atomic mass is 10.1. The maximum atomic E-state index is 14.2. The fourth-order valence-corrected chi connectivity index (χ4v) is 5.89. The molecule has 9 nitrogen and oxygen atoms in total. The summed E-state index contributed by atoms with van der Waals surface area (Å²) in [7, 11) is -5.74. The molecule has 1 heterocycles. The smallest absolute Gasteiger partial charge is 0.399 e. The van der Waals surface area contributed by atoms with Crippen molar-refractivity contribution < 1.29 is 37.8 Å². The highest BCUT2D eigenvalue weighted by molar-refractivity contribution is 9.10. The molecule has 4 N–H and O–H groups in total. The third-order valence-electron chi connectivity index (χ3n) is 4.87. The SMILES string of the molecule is CCNC(=O)N(Cc1ccc(C(F)(F)P(=O)(O)O)c(Br)c1)c1nc(-c2ccc(SCC(=O)O)cc2)cs1. The first-order valence-corrected chi connectivity index (χ1v) is 14.8. The van der Waals surface area contributed by atoms with Crippen LogP contribution < -0.4 is 10.2 Å². The van der Waals surface area contributed by atoms with Crippen LogP contribution >= 0.6 is 46.6 Å². The predicted molar refractivity (Wildman–Crippen MR) is 141 cm³/mol. The minimum Gasteiger partial charge on any atom is -0.481 e. The number of hydrogen-bond acceptors (Lipinski definition) is 6. The summed E-state index contributed by atoms with van der Waals surface area (Å²) in [6.07, 6.45) is 0. The van der Waals surface area contributed by atoms with Crippen LogP contribution in [0.15, 0.2) is 57.2 Å². The molecule has 0 spiro atoms. The van der Waals surface area contributed by atoms with Crippen LogP contribution in [0.4, 0.5) is 18.7 Å². The summed E-state index contributed by atoms with van der Waals surface area (Å²) in [4.78, 5) is 48.3. The Balaban J connectivity index is 1.86. The highest BCUT2D eigenvalue weighted by Gasteiger charge is 2.51. The number of alkyl halides is 2. The highest BCUT2D eigenvalue weighted by Crippen LogP contribution is 2.60. The number of thioether (sulfide) groups is 1. The number of carboxylic acids is 1. The molecule has 0 aliphatic rings. The third-order valence-corrected chi connectivity index (χ3v) is 8.36. The summed E-state index contributed by atoms with van der Waals surface area (Å²) in [5.41, 5.74) is -3.49. The first-order valence-electron chi connectivity index (χ1n) is 10.5. The van der Waals surface area contributed by atoms with E-state index in [1.54, 1.807) is 36.6 Å². The van der Waals surface area contributed by atoms with Crippen molar-refractivity contribution in [1.82, 2.24) is 10.3 Å². The van der Waals surface area contributed by atoms with Crippen molar-refractivity contribution in [3.63, 3.8) is 0 Å². The Kier molecular flexibility index (Phi) is 9.48. The van der Waals surface area contributed by atoms with Gasteiger partial charge in [-0.3, -0.25) is 14.3 Å². The van der Waals surface area contributed by atoms with Crippen LogP contribution in [0.25, 0.3) is 11.3 Å². The van der Waals surface area contributed by atoms with Crippen LogP contribution in [0, 0.1) is 0 Å². The fraction of sp³-hybridized carbons (Fsp3) is 0.227. The standard InChI is InChI=1S/C22H21BrF2N3O6PS2/c1-2-26-20(31)28(10-13-3-8-16(17(23)9-13)22(24,25)35(32,33)34)21-27-18(11-37-21)14-4-6-15(7-5-14)36-12-19(29)30/h3-9,11H,2,10,12H2,1H3,(H,26,31)(H,29,30)(H2,32,33,34). The number of carboxylic acid groups (broad SMARTS) is 1. The van der Waals surface area contributed by atoms with Gasteiger partial charge in [0.05, 0.1) is 18.0 Å². The highest BCUT2D eigenvalue weighted by atomic mass is 79.9. The molecule has 1 aromatic heterocycles. The number of carbonyl (C=O) groups excluding carboxylic acids is 1. The molecular weight excluding hydrogens is 615 g/mol. The van der Waals surface area contributed by atoms with Gasteiger partial charge >= 0.3 is 25.3 Å². The Labute approximate surface area is 227 Å². The molecule has 3 aromatic rings. The second-order valence-corrected chi connectivity index (χ2v) is 11.9. The number of urea groups is 1. The molecule has 0 atom stereocenters. The van der Waals surface area contributed by atoms with Crippen LogP contribution in [0.5, 0.6) is 0 Å². The van der Waals surface area contributed by atoms with E-state index in [1.165, 1.54) is 40.1 Å². The Morgan fingerprint density at radius 1 is 1.22 bits per heavy atom. The summed E-state index contributed by atoms with van der Waals surface area (Å²) in [5, 5.41) is 13.6. The summed E-state index contributed by atoms with van der Waals surface area (Å²) in [6.45, 7) is 2.02. The van der Waals surface area contributed by atoms with Gasteiger partial charge in [0.1, 0.15) is 0 Å². The summed E-state index contributed by atoms with van der Waals surface area (Å²) < 4.78 is 39.4. The van der Waals surface area contributed by atoms with E-state index in [1.807, 2.05) is 0 Å². The Morgan fingerprint density at radius 3 is 2.46 bits per heavy atom. The minimum absolute atomic E-state index is 0.0517. The lowest BCUT2D eigenvalue weighted by Crippen LogP contribution is -2.39. The van der Waals surface area contributed by atoms with Gasteiger partial charge in [0.15, 0.2) is 5.13 Å². The fourth-order valence-electron chi connectivity index (χ4n) is 3.10. The van der Waals surface area contributed by atoms with Crippen LogP contribution in [0.3, 0.4) is 0 Å². The van der Waals surface area contributed by atoms with E-state index in [-0.39, 0.29) is 16.8 Å². The number of halogens is 3. The number of aromatic nitrogens is 1. The Bertz CT molecular complexity index is 1340. The largest absolute Gasteiger partial charge is 0.481 e. The molecule has 3 rings (SSSR count). The van der Waals surface area contributed by atoms with Crippen molar-refractivity contribution in [2.45, 2.75) is 24.0 Å². The van der Waals surface area contributed by atoms with E-state index in [9.17, 15) is 22.9 Å². The quantitative estimate of drug-likeness (QED) is 0.164. The first-order chi connectivity index (χ1) is 17.3. The molecule has 0 radical (unpaired) electrons. The third kappa shape index (κ3) is 7.15. The minimum atomic E-state index is -5.74. The molecule has 0 aliphatic heterocycles. The van der Waals surface area contributed by atoms with Gasteiger partial charge in [0.2, 0.25) is 0 Å². The predicted octanol–water partition coefficient (Wildman–Crippen LogP) is 5.71. The zero-order chi connectivity index (χ0) is 27.4. The number of benzene rings is 2. The van der Waals surface area contributed by atoms with Gasteiger partial charge < -0.3 is 20.2 Å². The Hall–Kier alpha value is -2.35. The molecule has 0 bridgehead atoms. The zero-order valence-corrected chi connectivity index (χ0v) is 23.2. The molecule has 15 heteroatoms. The average Bonchev–Trinajstić information content (AvgIpc) is 3.30. The van der Waals surface area contributed by atoms with Gasteiger partial charge in [-0.1, -0.05) is 40.2 Å². The lowest BCUT2D eigenvalue weighted by Gasteiger charge is -2.22. The molecule has 0 aliphatic carbocycles. The number of aliphatic carboxylic acids is 1. The number of thiazole rings is 1. The van der Waals surface area contributed by atoms with Crippen LogP contribution in [0.1, 0.15) is 18.1 Å². The molecule has 0 fully saturated rings. The van der Waals surface area contributed by atoms with Crippen LogP contribution in [-0.4, -0.2) is 44.2 Å². The van der Waals surface area contributed by atoms with E-state index >= 15 is 0 Å². The first kappa shape index (κ1) is 29.2. The molecule has 0 saturated carbocycles. The molecule has 0 unspecified atom stereocenters. The maximum Gasteiger partial charge on any atom is 0.399 e. The molecular formula is C22H21BrF2N3O6PS2. The number of hydrogen-bond donors (Lipinski definition) is 4. The molecule has 2 amide bonds. The van der Waals surface area contributed by atoms with Crippen molar-refractivity contribution in [2.75, 3.05) is 17.2 Å². The number of rotatable bonds is 10.